The molecule has 0 aliphatic heterocycles. The molecule has 0 aromatic carbocycles. The molecule has 0 fully saturated rings. The molecule has 1 aromatic rings. The number of aromatic nitrogens is 1. The highest BCUT2D eigenvalue weighted by Gasteiger charge is 2.27. The SMILES string of the molecule is CCN(CC)C(=O)C(CC(=O)O)c1ccccn1. The van der Waals surface area contributed by atoms with Gasteiger partial charge in [-0.25, -0.2) is 0 Å². The van der Waals surface area contributed by atoms with Gasteiger partial charge in [-0.1, -0.05) is 6.07 Å². The molecule has 5 nitrogen and oxygen atoms in total. The van der Waals surface area contributed by atoms with Crippen molar-refractivity contribution in [3.63, 3.8) is 0 Å². The van der Waals surface area contributed by atoms with Crippen LogP contribution in [0, 0.1) is 0 Å². The molecule has 1 N–H and O–H groups in total. The number of hydrogen-bond donors (Lipinski definition) is 1. The Morgan fingerprint density at radius 3 is 2.44 bits per heavy atom. The van der Waals surface area contributed by atoms with E-state index >= 15 is 0 Å². The predicted molar refractivity (Wildman–Crippen MR) is 67.2 cm³/mol. The number of aliphatic carboxylic acids is 1. The number of amides is 1. The number of nitrogens with zero attached hydrogens (tertiary/aromatic N) is 2. The van der Waals surface area contributed by atoms with E-state index in [9.17, 15) is 9.59 Å². The quantitative estimate of drug-likeness (QED) is 0.830. The van der Waals surface area contributed by atoms with Gasteiger partial charge in [0.15, 0.2) is 0 Å². The van der Waals surface area contributed by atoms with Gasteiger partial charge in [0.05, 0.1) is 18.0 Å². The van der Waals surface area contributed by atoms with Crippen molar-refractivity contribution in [2.24, 2.45) is 0 Å². The van der Waals surface area contributed by atoms with Crippen molar-refractivity contribution in [3.05, 3.63) is 30.1 Å². The number of carbonyl (C=O) groups is 2. The van der Waals surface area contributed by atoms with Crippen molar-refractivity contribution < 1.29 is 14.7 Å². The first-order chi connectivity index (χ1) is 8.60. The third-order valence-corrected chi connectivity index (χ3v) is 2.80. The molecule has 0 aliphatic rings. The van der Waals surface area contributed by atoms with E-state index in [0.29, 0.717) is 18.8 Å². The third kappa shape index (κ3) is 3.55. The maximum absolute atomic E-state index is 12.3. The summed E-state index contributed by atoms with van der Waals surface area (Å²) in [7, 11) is 0. The highest BCUT2D eigenvalue weighted by molar-refractivity contribution is 5.87. The average molecular weight is 250 g/mol. The van der Waals surface area contributed by atoms with E-state index in [2.05, 4.69) is 4.98 Å². The molecule has 1 unspecified atom stereocenters. The van der Waals surface area contributed by atoms with E-state index < -0.39 is 11.9 Å². The van der Waals surface area contributed by atoms with Crippen molar-refractivity contribution in [2.45, 2.75) is 26.2 Å². The summed E-state index contributed by atoms with van der Waals surface area (Å²) in [6.45, 7) is 4.88. The topological polar surface area (TPSA) is 70.5 Å². The lowest BCUT2D eigenvalue weighted by Crippen LogP contribution is -2.36. The molecule has 0 aliphatic carbocycles. The van der Waals surface area contributed by atoms with Crippen LogP contribution in [0.15, 0.2) is 24.4 Å². The van der Waals surface area contributed by atoms with Crippen LogP contribution in [-0.2, 0) is 9.59 Å². The van der Waals surface area contributed by atoms with E-state index in [-0.39, 0.29) is 12.3 Å². The Balaban J connectivity index is 2.98. The maximum Gasteiger partial charge on any atom is 0.304 e. The summed E-state index contributed by atoms with van der Waals surface area (Å²) in [4.78, 5) is 28.9. The zero-order valence-corrected chi connectivity index (χ0v) is 10.7. The third-order valence-electron chi connectivity index (χ3n) is 2.80. The number of pyridine rings is 1. The van der Waals surface area contributed by atoms with Crippen LogP contribution in [0.25, 0.3) is 0 Å². The van der Waals surface area contributed by atoms with Gasteiger partial charge in [-0.05, 0) is 26.0 Å². The van der Waals surface area contributed by atoms with Crippen LogP contribution < -0.4 is 0 Å². The van der Waals surface area contributed by atoms with Crippen LogP contribution in [0.4, 0.5) is 0 Å². The van der Waals surface area contributed by atoms with Crippen molar-refractivity contribution in [1.29, 1.82) is 0 Å². The first-order valence-corrected chi connectivity index (χ1v) is 6.01. The second-order valence-corrected chi connectivity index (χ2v) is 3.92. The lowest BCUT2D eigenvalue weighted by molar-refractivity contribution is -0.142. The number of hydrogen-bond acceptors (Lipinski definition) is 3. The van der Waals surface area contributed by atoms with E-state index in [4.69, 9.17) is 5.11 Å². The minimum Gasteiger partial charge on any atom is -0.481 e. The molecule has 0 saturated carbocycles. The molecule has 1 aromatic heterocycles. The van der Waals surface area contributed by atoms with Crippen molar-refractivity contribution >= 4 is 11.9 Å². The van der Waals surface area contributed by atoms with Gasteiger partial charge < -0.3 is 10.0 Å². The summed E-state index contributed by atoms with van der Waals surface area (Å²) in [6, 6.07) is 5.19. The first kappa shape index (κ1) is 14.2. The number of likely N-dealkylation sites (N-methyl/N-ethyl adjacent to an activating group) is 1. The van der Waals surface area contributed by atoms with E-state index in [0.717, 1.165) is 0 Å². The zero-order chi connectivity index (χ0) is 13.5. The lowest BCUT2D eigenvalue weighted by atomic mass is 9.99. The van der Waals surface area contributed by atoms with Crippen LogP contribution in [0.3, 0.4) is 0 Å². The Kier molecular flexibility index (Phi) is 5.30. The van der Waals surface area contributed by atoms with Gasteiger partial charge in [0, 0.05) is 19.3 Å². The minimum absolute atomic E-state index is 0.180. The molecule has 0 saturated heterocycles. The van der Waals surface area contributed by atoms with E-state index in [1.807, 2.05) is 13.8 Å². The van der Waals surface area contributed by atoms with Gasteiger partial charge in [-0.15, -0.1) is 0 Å². The smallest absolute Gasteiger partial charge is 0.304 e. The fraction of sp³-hybridized carbons (Fsp3) is 0.462. The van der Waals surface area contributed by atoms with Gasteiger partial charge in [0.25, 0.3) is 0 Å². The monoisotopic (exact) mass is 250 g/mol. The zero-order valence-electron chi connectivity index (χ0n) is 10.7. The fourth-order valence-corrected chi connectivity index (χ4v) is 1.83. The van der Waals surface area contributed by atoms with Crippen molar-refractivity contribution in [1.82, 2.24) is 9.88 Å². The molecular formula is C13H18N2O3. The Morgan fingerprint density at radius 1 is 1.33 bits per heavy atom. The Morgan fingerprint density at radius 2 is 2.00 bits per heavy atom. The van der Waals surface area contributed by atoms with Gasteiger partial charge >= 0.3 is 5.97 Å². The standard InChI is InChI=1S/C13H18N2O3/c1-3-15(4-2)13(18)10(9-12(16)17)11-7-5-6-8-14-11/h5-8,10H,3-4,9H2,1-2H3,(H,16,17). The normalized spacial score (nSPS) is 11.9. The average Bonchev–Trinajstić information content (AvgIpc) is 2.38. The van der Waals surface area contributed by atoms with Gasteiger partial charge in [-0.3, -0.25) is 14.6 Å². The van der Waals surface area contributed by atoms with Crippen LogP contribution in [0.2, 0.25) is 0 Å². The van der Waals surface area contributed by atoms with Gasteiger partial charge in [0.1, 0.15) is 0 Å². The number of rotatable bonds is 6. The highest BCUT2D eigenvalue weighted by atomic mass is 16.4. The summed E-state index contributed by atoms with van der Waals surface area (Å²) in [5.74, 6) is -1.88. The van der Waals surface area contributed by atoms with E-state index in [1.54, 1.807) is 29.3 Å². The van der Waals surface area contributed by atoms with Crippen molar-refractivity contribution in [3.8, 4) is 0 Å². The summed E-state index contributed by atoms with van der Waals surface area (Å²) in [6.07, 6.45) is 1.34. The Labute approximate surface area is 106 Å². The van der Waals surface area contributed by atoms with Crippen LogP contribution in [0.5, 0.6) is 0 Å². The Bertz CT molecular complexity index is 402. The van der Waals surface area contributed by atoms with Crippen LogP contribution >= 0.6 is 0 Å². The van der Waals surface area contributed by atoms with Crippen LogP contribution in [-0.4, -0.2) is 40.0 Å². The number of carboxylic acids is 1. The molecule has 0 spiro atoms. The second kappa shape index (κ2) is 6.74. The molecular weight excluding hydrogens is 232 g/mol. The van der Waals surface area contributed by atoms with Gasteiger partial charge in [0.2, 0.25) is 5.91 Å². The molecule has 0 radical (unpaired) electrons. The molecule has 1 amide bonds. The Hall–Kier alpha value is -1.91. The molecule has 0 bridgehead atoms. The van der Waals surface area contributed by atoms with Crippen molar-refractivity contribution in [2.75, 3.05) is 13.1 Å². The molecule has 1 heterocycles. The largest absolute Gasteiger partial charge is 0.481 e. The van der Waals surface area contributed by atoms with E-state index in [1.165, 1.54) is 0 Å². The molecule has 1 atom stereocenters. The summed E-state index contributed by atoms with van der Waals surface area (Å²) < 4.78 is 0. The fourth-order valence-electron chi connectivity index (χ4n) is 1.83. The second-order valence-electron chi connectivity index (χ2n) is 3.92. The summed E-state index contributed by atoms with van der Waals surface area (Å²) >= 11 is 0. The first-order valence-electron chi connectivity index (χ1n) is 6.01. The molecule has 1 rings (SSSR count). The number of carbonyl (C=O) groups excluding carboxylic acids is 1. The predicted octanol–water partition coefficient (Wildman–Crippen LogP) is 1.51. The summed E-state index contributed by atoms with van der Waals surface area (Å²) in [5, 5.41) is 8.92. The van der Waals surface area contributed by atoms with Crippen LogP contribution in [0.1, 0.15) is 31.9 Å². The minimum atomic E-state index is -0.994. The lowest BCUT2D eigenvalue weighted by Gasteiger charge is -2.23. The molecule has 5 heteroatoms. The van der Waals surface area contributed by atoms with Gasteiger partial charge in [-0.2, -0.15) is 0 Å². The molecule has 98 valence electrons. The molecule has 18 heavy (non-hydrogen) atoms. The highest BCUT2D eigenvalue weighted by Crippen LogP contribution is 2.20. The maximum atomic E-state index is 12.3. The summed E-state index contributed by atoms with van der Waals surface area (Å²) in [5.41, 5.74) is 0.511. The number of carboxylic acid groups (broad SMARTS) is 1.